The Labute approximate surface area is 287 Å². The van der Waals surface area contributed by atoms with Crippen LogP contribution in [0.1, 0.15) is 112 Å². The maximum atomic E-state index is 12.9. The van der Waals surface area contributed by atoms with Crippen molar-refractivity contribution in [2.24, 2.45) is 50.7 Å². The molecule has 1 amide bonds. The van der Waals surface area contributed by atoms with Gasteiger partial charge in [0.25, 0.3) is 0 Å². The summed E-state index contributed by atoms with van der Waals surface area (Å²) in [6, 6.07) is -0.655. The number of aliphatic carboxylic acids is 1. The van der Waals surface area contributed by atoms with Crippen LogP contribution in [0, 0.1) is 68.9 Å². The van der Waals surface area contributed by atoms with Crippen molar-refractivity contribution >= 4 is 11.9 Å². The van der Waals surface area contributed by atoms with E-state index in [1.54, 1.807) is 12.8 Å². The van der Waals surface area contributed by atoms with E-state index in [1.165, 1.54) is 25.7 Å². The molecule has 11 atom stereocenters. The standard InChI is InChI=1S/C39H59N2O7/c1-22-17-25(19-40-23(2)34(44)45)47-32-31(22)36(5)13-14-39-21-38(39)12-11-28(35(3,4)26(38)9-10-27(39)37(36,6)33(32)43)48-30-20-41(15-16-46-30)29(42)18-24-7-8-24/h22-24,26,28,30-31,33,40,43H,7-21H2,1-6H3,(H,44,45)/t22-,23-,26+,28?,30+,31+,33+,36-,37-,38-,39+/m1/s1. The van der Waals surface area contributed by atoms with Gasteiger partial charge in [-0.1, -0.05) is 34.6 Å². The Kier molecular flexibility index (Phi) is 8.02. The van der Waals surface area contributed by atoms with Crippen LogP contribution in [0.2, 0.25) is 0 Å². The minimum atomic E-state index is -0.874. The second kappa shape index (κ2) is 11.4. The summed E-state index contributed by atoms with van der Waals surface area (Å²) >= 11 is 0. The molecule has 8 rings (SSSR count). The highest BCUT2D eigenvalue weighted by Gasteiger charge is 2.85. The molecule has 3 N–H and O–H groups in total. The zero-order valence-electron chi connectivity index (χ0n) is 30.1. The summed E-state index contributed by atoms with van der Waals surface area (Å²) in [5, 5.41) is 24.8. The summed E-state index contributed by atoms with van der Waals surface area (Å²) in [6.45, 7) is 15.7. The predicted molar refractivity (Wildman–Crippen MR) is 178 cm³/mol. The molecule has 9 heteroatoms. The lowest BCUT2D eigenvalue weighted by atomic mass is 9.41. The number of amides is 1. The van der Waals surface area contributed by atoms with Gasteiger partial charge >= 0.3 is 5.97 Å². The Morgan fingerprint density at radius 1 is 1.10 bits per heavy atom. The van der Waals surface area contributed by atoms with Crippen molar-refractivity contribution < 1.29 is 34.0 Å². The first-order valence-electron chi connectivity index (χ1n) is 19.1. The second-order valence-corrected chi connectivity index (χ2v) is 18.4. The average molecular weight is 668 g/mol. The van der Waals surface area contributed by atoms with Gasteiger partial charge in [-0.3, -0.25) is 9.59 Å². The molecule has 8 fully saturated rings. The largest absolute Gasteiger partial charge is 0.480 e. The minimum absolute atomic E-state index is 0.0167. The number of fused-ring (bicyclic) bond motifs is 4. The summed E-state index contributed by atoms with van der Waals surface area (Å²) in [5.41, 5.74) is -0.0230. The third kappa shape index (κ3) is 4.71. The van der Waals surface area contributed by atoms with E-state index in [-0.39, 0.29) is 51.3 Å². The van der Waals surface area contributed by atoms with E-state index in [2.05, 4.69) is 39.9 Å². The van der Waals surface area contributed by atoms with Gasteiger partial charge in [0.05, 0.1) is 25.4 Å². The Morgan fingerprint density at radius 2 is 1.88 bits per heavy atom. The number of carboxylic acids is 1. The van der Waals surface area contributed by atoms with Crippen LogP contribution >= 0.6 is 0 Å². The third-order valence-corrected chi connectivity index (χ3v) is 15.9. The van der Waals surface area contributed by atoms with E-state index in [9.17, 15) is 19.8 Å². The molecule has 9 nitrogen and oxygen atoms in total. The first kappa shape index (κ1) is 33.9. The number of nitrogens with one attached hydrogen (secondary N) is 1. The van der Waals surface area contributed by atoms with E-state index < -0.39 is 18.1 Å². The van der Waals surface area contributed by atoms with E-state index in [0.717, 1.165) is 50.7 Å². The number of carbonyl (C=O) groups excluding carboxylic acids is 1. The molecule has 3 radical (unpaired) electrons. The number of nitrogens with zero attached hydrogens (tertiary/aromatic N) is 1. The fourth-order valence-electron chi connectivity index (χ4n) is 13.0. The maximum absolute atomic E-state index is 12.9. The average Bonchev–Trinajstić information content (AvgIpc) is 3.96. The number of morpholine rings is 1. The van der Waals surface area contributed by atoms with Crippen molar-refractivity contribution in [1.82, 2.24) is 10.2 Å². The Hall–Kier alpha value is -1.26. The van der Waals surface area contributed by atoms with Crippen LogP contribution in [0.4, 0.5) is 0 Å². The summed E-state index contributed by atoms with van der Waals surface area (Å²) < 4.78 is 19.6. The fourth-order valence-corrected chi connectivity index (χ4v) is 13.0. The molecule has 8 aliphatic rings. The highest BCUT2D eigenvalue weighted by Crippen LogP contribution is 2.90. The molecule has 2 aliphatic heterocycles. The van der Waals surface area contributed by atoms with Crippen molar-refractivity contribution in [3.8, 4) is 0 Å². The van der Waals surface area contributed by atoms with E-state index in [0.29, 0.717) is 50.4 Å². The van der Waals surface area contributed by atoms with Gasteiger partial charge in [0.1, 0.15) is 18.2 Å². The minimum Gasteiger partial charge on any atom is -0.480 e. The number of carboxylic acid groups (broad SMARTS) is 1. The molecular formula is C39H59N2O7. The Bertz CT molecular complexity index is 1300. The SMILES string of the molecule is C[C@@H]1C[C](CN[C@H](C)C(=O)O)O[C]2[C@H]1[C@@]1(C)CC[C@@]34C[C@@]35CCC(O[C@H]3CN(C(=O)CC6CC6)CCO3)C(C)(C)[C@@H]5CC[C]4[C@]1(C)[C@H]2O. The van der Waals surface area contributed by atoms with Crippen LogP contribution in [-0.4, -0.2) is 77.8 Å². The van der Waals surface area contributed by atoms with Crippen LogP contribution < -0.4 is 5.32 Å². The van der Waals surface area contributed by atoms with Gasteiger partial charge in [-0.05, 0) is 116 Å². The van der Waals surface area contributed by atoms with Crippen LogP contribution in [0.3, 0.4) is 0 Å². The number of aliphatic hydroxyl groups excluding tert-OH is 1. The zero-order chi connectivity index (χ0) is 34.0. The first-order valence-corrected chi connectivity index (χ1v) is 19.1. The predicted octanol–water partition coefficient (Wildman–Crippen LogP) is 5.52. The van der Waals surface area contributed by atoms with Gasteiger partial charge in [0.15, 0.2) is 6.29 Å². The van der Waals surface area contributed by atoms with Crippen molar-refractivity contribution in [3.05, 3.63) is 18.1 Å². The molecule has 48 heavy (non-hydrogen) atoms. The number of hydrogen-bond donors (Lipinski definition) is 3. The van der Waals surface area contributed by atoms with E-state index in [1.807, 2.05) is 4.90 Å². The van der Waals surface area contributed by atoms with Gasteiger partial charge in [-0.25, -0.2) is 0 Å². The molecule has 0 bridgehead atoms. The number of aliphatic hydroxyl groups is 1. The summed E-state index contributed by atoms with van der Waals surface area (Å²) in [4.78, 5) is 26.3. The lowest BCUT2D eigenvalue weighted by Gasteiger charge is -2.63. The van der Waals surface area contributed by atoms with Crippen molar-refractivity contribution in [2.75, 3.05) is 26.2 Å². The van der Waals surface area contributed by atoms with Crippen LogP contribution in [0.5, 0.6) is 0 Å². The molecule has 0 aromatic heterocycles. The van der Waals surface area contributed by atoms with E-state index >= 15 is 0 Å². The molecule has 0 aromatic rings. The Morgan fingerprint density at radius 3 is 2.60 bits per heavy atom. The Balaban J connectivity index is 0.981. The smallest absolute Gasteiger partial charge is 0.320 e. The van der Waals surface area contributed by atoms with Crippen molar-refractivity contribution in [2.45, 2.75) is 137 Å². The molecule has 267 valence electrons. The van der Waals surface area contributed by atoms with Gasteiger partial charge in [0, 0.05) is 30.8 Å². The first-order chi connectivity index (χ1) is 22.7. The highest BCUT2D eigenvalue weighted by atomic mass is 16.7. The second-order valence-electron chi connectivity index (χ2n) is 18.4. The third-order valence-electron chi connectivity index (χ3n) is 15.9. The van der Waals surface area contributed by atoms with Gasteiger partial charge in [0.2, 0.25) is 5.91 Å². The van der Waals surface area contributed by atoms with E-state index in [4.69, 9.17) is 14.2 Å². The molecule has 2 heterocycles. The van der Waals surface area contributed by atoms with Crippen LogP contribution in [0.25, 0.3) is 0 Å². The molecule has 2 spiro atoms. The van der Waals surface area contributed by atoms with Gasteiger partial charge in [-0.15, -0.1) is 0 Å². The molecule has 6 saturated carbocycles. The quantitative estimate of drug-likeness (QED) is 0.310. The molecule has 1 unspecified atom stereocenters. The number of rotatable bonds is 8. The molecule has 2 saturated heterocycles. The molecular weight excluding hydrogens is 608 g/mol. The van der Waals surface area contributed by atoms with Crippen LogP contribution in [-0.2, 0) is 23.8 Å². The number of carbonyl (C=O) groups is 2. The lowest BCUT2D eigenvalue weighted by Crippen LogP contribution is -2.59. The highest BCUT2D eigenvalue weighted by molar-refractivity contribution is 5.76. The topological polar surface area (TPSA) is 118 Å². The summed E-state index contributed by atoms with van der Waals surface area (Å²) in [7, 11) is 0. The van der Waals surface area contributed by atoms with Crippen LogP contribution in [0.15, 0.2) is 0 Å². The number of hydrogen-bond acceptors (Lipinski definition) is 7. The monoisotopic (exact) mass is 667 g/mol. The number of ether oxygens (including phenoxy) is 3. The van der Waals surface area contributed by atoms with Gasteiger partial charge < -0.3 is 34.6 Å². The van der Waals surface area contributed by atoms with Gasteiger partial charge in [-0.2, -0.15) is 0 Å². The fraction of sp³-hybridized carbons (Fsp3) is 0.872. The molecule has 0 aromatic carbocycles. The maximum Gasteiger partial charge on any atom is 0.320 e. The molecule has 6 aliphatic carbocycles. The summed E-state index contributed by atoms with van der Waals surface area (Å²) in [5.74, 6) is 2.63. The lowest BCUT2D eigenvalue weighted by molar-refractivity contribution is -0.242. The summed E-state index contributed by atoms with van der Waals surface area (Å²) in [6.07, 6.45) is 12.4. The van der Waals surface area contributed by atoms with Crippen molar-refractivity contribution in [3.63, 3.8) is 0 Å². The van der Waals surface area contributed by atoms with Crippen molar-refractivity contribution in [1.29, 1.82) is 0 Å². The normalized spacial score (nSPS) is 47.7. The zero-order valence-corrected chi connectivity index (χ0v) is 30.1.